The number of carbonyl (C=O) groups is 2. The highest BCUT2D eigenvalue weighted by Crippen LogP contribution is 2.38. The van der Waals surface area contributed by atoms with Crippen molar-refractivity contribution < 1.29 is 19.1 Å². The van der Waals surface area contributed by atoms with Crippen molar-refractivity contribution in [1.82, 2.24) is 9.97 Å². The molecule has 10 nitrogen and oxygen atoms in total. The molecule has 10 rings (SSSR count). The highest BCUT2D eigenvalue weighted by molar-refractivity contribution is 6.29. The molecule has 1 fully saturated rings. The molecule has 4 heterocycles. The SMILES string of the molecule is O=C(OC1CCC(OC(=O)c2ccc3c4c(cccc24)C(=Nc2ccc(-c4ccccc4)cn2)N3)CC1)c1ccc2c3c(cccc13)NC2=Nc1ccccn1. The normalized spacial score (nSPS) is 18.2. The van der Waals surface area contributed by atoms with E-state index in [9.17, 15) is 9.59 Å². The molecule has 0 amide bonds. The minimum Gasteiger partial charge on any atom is -0.459 e. The predicted molar refractivity (Wildman–Crippen MR) is 218 cm³/mol. The largest absolute Gasteiger partial charge is 0.459 e. The predicted octanol–water partition coefficient (Wildman–Crippen LogP) is 9.78. The highest BCUT2D eigenvalue weighted by Gasteiger charge is 2.30. The van der Waals surface area contributed by atoms with Gasteiger partial charge in [-0.15, -0.1) is 0 Å². The number of hydrogen-bond acceptors (Lipinski definition) is 8. The lowest BCUT2D eigenvalue weighted by atomic mass is 9.94. The van der Waals surface area contributed by atoms with Crippen LogP contribution in [-0.2, 0) is 9.47 Å². The summed E-state index contributed by atoms with van der Waals surface area (Å²) in [5.74, 6) is 1.81. The van der Waals surface area contributed by atoms with Gasteiger partial charge in [0.05, 0.1) is 11.1 Å². The van der Waals surface area contributed by atoms with Gasteiger partial charge in [-0.1, -0.05) is 66.7 Å². The maximum Gasteiger partial charge on any atom is 0.339 e. The van der Waals surface area contributed by atoms with Gasteiger partial charge in [0.1, 0.15) is 23.9 Å². The van der Waals surface area contributed by atoms with E-state index in [1.807, 2.05) is 103 Å². The second kappa shape index (κ2) is 13.9. The Morgan fingerprint density at radius 3 is 1.75 bits per heavy atom. The molecule has 1 aliphatic carbocycles. The highest BCUT2D eigenvalue weighted by atomic mass is 16.6. The maximum absolute atomic E-state index is 13.7. The molecule has 5 aromatic carbocycles. The Balaban J connectivity index is 0.799. The summed E-state index contributed by atoms with van der Waals surface area (Å²) in [5.41, 5.74) is 6.70. The van der Waals surface area contributed by atoms with Crippen molar-refractivity contribution in [1.29, 1.82) is 0 Å². The van der Waals surface area contributed by atoms with Crippen molar-refractivity contribution in [3.8, 4) is 11.1 Å². The summed E-state index contributed by atoms with van der Waals surface area (Å²) in [6, 6.07) is 38.7. The molecule has 0 saturated heterocycles. The summed E-state index contributed by atoms with van der Waals surface area (Å²) < 4.78 is 12.1. The van der Waals surface area contributed by atoms with Crippen LogP contribution in [0.4, 0.5) is 23.0 Å². The number of esters is 2. The van der Waals surface area contributed by atoms with Crippen LogP contribution in [0.25, 0.3) is 32.7 Å². The average Bonchev–Trinajstić information content (AvgIpc) is 3.78. The number of rotatable bonds is 7. The van der Waals surface area contributed by atoms with E-state index < -0.39 is 0 Å². The van der Waals surface area contributed by atoms with Crippen LogP contribution in [0.5, 0.6) is 0 Å². The fourth-order valence-electron chi connectivity index (χ4n) is 7.94. The third-order valence-corrected chi connectivity index (χ3v) is 10.7. The van der Waals surface area contributed by atoms with Gasteiger partial charge in [0.15, 0.2) is 11.6 Å². The van der Waals surface area contributed by atoms with E-state index in [0.29, 0.717) is 60.1 Å². The molecule has 3 aliphatic rings. The van der Waals surface area contributed by atoms with Crippen LogP contribution in [0.1, 0.15) is 57.5 Å². The van der Waals surface area contributed by atoms with Gasteiger partial charge in [-0.05, 0) is 96.6 Å². The van der Waals surface area contributed by atoms with Crippen LogP contribution in [0.15, 0.2) is 144 Å². The number of carbonyl (C=O) groups excluding carboxylic acids is 2. The third kappa shape index (κ3) is 6.11. The number of aromatic nitrogens is 2. The molecule has 0 bridgehead atoms. The molecule has 10 heteroatoms. The summed E-state index contributed by atoms with van der Waals surface area (Å²) >= 11 is 0. The number of nitrogens with one attached hydrogen (secondary N) is 2. The summed E-state index contributed by atoms with van der Waals surface area (Å²) in [4.78, 5) is 45.7. The van der Waals surface area contributed by atoms with E-state index in [2.05, 4.69) is 32.7 Å². The molecule has 0 spiro atoms. The molecular weight excluding hydrogens is 701 g/mol. The molecular formula is C46H34N6O4. The number of pyridine rings is 2. The number of benzene rings is 5. The van der Waals surface area contributed by atoms with Crippen molar-refractivity contribution in [2.45, 2.75) is 37.9 Å². The Labute approximate surface area is 322 Å². The van der Waals surface area contributed by atoms with Gasteiger partial charge in [-0.25, -0.2) is 29.5 Å². The molecule has 272 valence electrons. The van der Waals surface area contributed by atoms with Crippen molar-refractivity contribution in [2.24, 2.45) is 9.98 Å². The van der Waals surface area contributed by atoms with Gasteiger partial charge in [-0.2, -0.15) is 0 Å². The average molecular weight is 735 g/mol. The second-order valence-electron chi connectivity index (χ2n) is 14.1. The van der Waals surface area contributed by atoms with E-state index in [1.165, 1.54) is 0 Å². The van der Waals surface area contributed by atoms with Crippen LogP contribution < -0.4 is 10.6 Å². The van der Waals surface area contributed by atoms with Gasteiger partial charge in [0, 0.05) is 51.2 Å². The van der Waals surface area contributed by atoms with Gasteiger partial charge >= 0.3 is 11.9 Å². The lowest BCUT2D eigenvalue weighted by Gasteiger charge is -2.28. The lowest BCUT2D eigenvalue weighted by molar-refractivity contribution is -0.0106. The first kappa shape index (κ1) is 33.4. The summed E-state index contributed by atoms with van der Waals surface area (Å²) in [7, 11) is 0. The topological polar surface area (TPSA) is 127 Å². The molecule has 56 heavy (non-hydrogen) atoms. The van der Waals surface area contributed by atoms with E-state index in [0.717, 1.165) is 55.2 Å². The fourth-order valence-corrected chi connectivity index (χ4v) is 7.94. The van der Waals surface area contributed by atoms with Gasteiger partial charge in [-0.3, -0.25) is 0 Å². The van der Waals surface area contributed by atoms with Crippen LogP contribution >= 0.6 is 0 Å². The number of nitrogens with zero attached hydrogens (tertiary/aromatic N) is 4. The molecule has 0 unspecified atom stereocenters. The van der Waals surface area contributed by atoms with Gasteiger partial charge in [0.25, 0.3) is 0 Å². The van der Waals surface area contributed by atoms with Crippen LogP contribution in [0.3, 0.4) is 0 Å². The zero-order valence-corrected chi connectivity index (χ0v) is 30.1. The first-order valence-corrected chi connectivity index (χ1v) is 18.7. The zero-order valence-electron chi connectivity index (χ0n) is 30.1. The fraction of sp³-hybridized carbons (Fsp3) is 0.130. The van der Waals surface area contributed by atoms with Crippen molar-refractivity contribution in [2.75, 3.05) is 10.6 Å². The van der Waals surface area contributed by atoms with Crippen LogP contribution in [-0.4, -0.2) is 45.8 Å². The molecule has 7 aromatic rings. The number of anilines is 2. The quantitative estimate of drug-likeness (QED) is 0.155. The van der Waals surface area contributed by atoms with Crippen molar-refractivity contribution >= 4 is 68.2 Å². The smallest absolute Gasteiger partial charge is 0.339 e. The van der Waals surface area contributed by atoms with E-state index >= 15 is 0 Å². The Hall–Kier alpha value is -7.20. The van der Waals surface area contributed by atoms with Gasteiger partial charge in [0.2, 0.25) is 0 Å². The first-order chi connectivity index (χ1) is 27.6. The molecule has 0 radical (unpaired) electrons. The van der Waals surface area contributed by atoms with Gasteiger partial charge < -0.3 is 20.1 Å². The molecule has 1 saturated carbocycles. The van der Waals surface area contributed by atoms with Crippen LogP contribution in [0.2, 0.25) is 0 Å². The van der Waals surface area contributed by atoms with E-state index in [-0.39, 0.29) is 24.1 Å². The third-order valence-electron chi connectivity index (χ3n) is 10.7. The van der Waals surface area contributed by atoms with E-state index in [4.69, 9.17) is 19.5 Å². The molecule has 2 aliphatic heterocycles. The number of aliphatic imine (C=N–C) groups is 2. The molecule has 2 N–H and O–H groups in total. The number of hydrogen-bond donors (Lipinski definition) is 2. The lowest BCUT2D eigenvalue weighted by Crippen LogP contribution is -2.30. The standard InChI is InChI=1S/C46H34N6O4/c53-45(33-20-21-36-42-32(33)11-7-13-37(42)49-44(36)51-39-14-4-5-25-47-39)55-29-16-18-30(19-17-29)56-46(54)34-22-23-38-41-31(34)10-6-12-35(41)43(50-38)52-40-24-15-28(26-48-40)27-8-2-1-3-9-27/h1-15,20-26,29-30H,16-19H2,(H,47,49,51)(H,48,50,52). The van der Waals surface area contributed by atoms with Crippen LogP contribution in [0, 0.1) is 0 Å². The second-order valence-corrected chi connectivity index (χ2v) is 14.1. The molecule has 0 atom stereocenters. The summed E-state index contributed by atoms with van der Waals surface area (Å²) in [5, 5.41) is 10.3. The zero-order chi connectivity index (χ0) is 37.6. The van der Waals surface area contributed by atoms with Crippen molar-refractivity contribution in [3.05, 3.63) is 156 Å². The van der Waals surface area contributed by atoms with E-state index in [1.54, 1.807) is 18.3 Å². The molecule has 2 aromatic heterocycles. The summed E-state index contributed by atoms with van der Waals surface area (Å²) in [6.45, 7) is 0. The Bertz CT molecular complexity index is 2740. The first-order valence-electron chi connectivity index (χ1n) is 18.7. The maximum atomic E-state index is 13.7. The van der Waals surface area contributed by atoms with Crippen molar-refractivity contribution in [3.63, 3.8) is 0 Å². The Morgan fingerprint density at radius 2 is 1.12 bits per heavy atom. The minimum absolute atomic E-state index is 0.274. The monoisotopic (exact) mass is 734 g/mol. The Morgan fingerprint density at radius 1 is 0.536 bits per heavy atom. The Kier molecular flexibility index (Phi) is 8.28. The minimum atomic E-state index is -0.370. The number of amidine groups is 2. The summed E-state index contributed by atoms with van der Waals surface area (Å²) in [6.07, 6.45) is 5.37. The number of ether oxygens (including phenoxy) is 2.